The second kappa shape index (κ2) is 5.71. The normalized spacial score (nSPS) is 10.4. The van der Waals surface area contributed by atoms with Crippen molar-refractivity contribution in [2.45, 2.75) is 0 Å². The first-order valence-electron chi connectivity index (χ1n) is 6.56. The van der Waals surface area contributed by atoms with E-state index < -0.39 is 0 Å². The van der Waals surface area contributed by atoms with E-state index in [0.717, 1.165) is 28.3 Å². The average Bonchev–Trinajstić information content (AvgIpc) is 3.05. The van der Waals surface area contributed by atoms with Gasteiger partial charge < -0.3 is 14.0 Å². The summed E-state index contributed by atoms with van der Waals surface area (Å²) < 4.78 is 15.8. The largest absolute Gasteiger partial charge is 0.497 e. The molecule has 0 atom stereocenters. The molecule has 0 fully saturated rings. The first kappa shape index (κ1) is 13.2. The number of nitrogens with zero attached hydrogens (tertiary/aromatic N) is 1. The van der Waals surface area contributed by atoms with Gasteiger partial charge >= 0.3 is 0 Å². The number of benzene rings is 2. The van der Waals surface area contributed by atoms with Crippen LogP contribution in [0.3, 0.4) is 0 Å². The highest BCUT2D eigenvalue weighted by atomic mass is 16.5. The third-order valence-corrected chi connectivity index (χ3v) is 3.25. The maximum atomic E-state index is 5.42. The minimum atomic E-state index is 0.708. The van der Waals surface area contributed by atoms with Gasteiger partial charge in [0, 0.05) is 17.2 Å². The third-order valence-electron chi connectivity index (χ3n) is 3.25. The number of ether oxygens (including phenoxy) is 2. The lowest BCUT2D eigenvalue weighted by Crippen LogP contribution is -1.82. The maximum absolute atomic E-state index is 5.42. The molecule has 4 nitrogen and oxygen atoms in total. The number of hydrogen-bond donors (Lipinski definition) is 0. The second-order valence-electron chi connectivity index (χ2n) is 4.54. The summed E-state index contributed by atoms with van der Waals surface area (Å²) >= 11 is 0. The predicted octanol–water partition coefficient (Wildman–Crippen LogP) is 4.03. The zero-order chi connectivity index (χ0) is 14.7. The van der Waals surface area contributed by atoms with E-state index in [1.165, 1.54) is 0 Å². The number of hydrogen-bond acceptors (Lipinski definition) is 4. The Morgan fingerprint density at radius 2 is 1.57 bits per heavy atom. The van der Waals surface area contributed by atoms with Gasteiger partial charge in [-0.05, 0) is 36.4 Å². The molecule has 1 heterocycles. The summed E-state index contributed by atoms with van der Waals surface area (Å²) in [5.41, 5.74) is 2.70. The molecule has 0 aliphatic rings. The Balaban J connectivity index is 1.91. The van der Waals surface area contributed by atoms with Crippen LogP contribution in [-0.4, -0.2) is 19.4 Å². The van der Waals surface area contributed by atoms with Crippen molar-refractivity contribution in [3.05, 3.63) is 54.6 Å². The molecule has 0 spiro atoms. The molecule has 21 heavy (non-hydrogen) atoms. The van der Waals surface area contributed by atoms with E-state index >= 15 is 0 Å². The van der Waals surface area contributed by atoms with Crippen LogP contribution in [0.25, 0.3) is 22.6 Å². The molecule has 2 aromatic carbocycles. The lowest BCUT2D eigenvalue weighted by molar-refractivity contribution is 0.413. The highest BCUT2D eigenvalue weighted by Crippen LogP contribution is 2.28. The molecular formula is C17H15NO3. The van der Waals surface area contributed by atoms with Crippen LogP contribution < -0.4 is 9.47 Å². The van der Waals surface area contributed by atoms with Crippen molar-refractivity contribution < 1.29 is 14.0 Å². The van der Waals surface area contributed by atoms with Crippen molar-refractivity contribution in [2.24, 2.45) is 0 Å². The standard InChI is InChI=1S/C17H15NO3/c1-19-14-8-6-12(7-9-14)16-11-17(21-18-16)13-4-3-5-15(10-13)20-2/h3-11H,1-2H3. The van der Waals surface area contributed by atoms with Crippen LogP contribution >= 0.6 is 0 Å². The summed E-state index contributed by atoms with van der Waals surface area (Å²) in [6, 6.07) is 17.3. The van der Waals surface area contributed by atoms with Gasteiger partial charge in [0.2, 0.25) is 0 Å². The van der Waals surface area contributed by atoms with Crippen molar-refractivity contribution in [3.8, 4) is 34.1 Å². The van der Waals surface area contributed by atoms with Gasteiger partial charge in [-0.2, -0.15) is 0 Å². The van der Waals surface area contributed by atoms with Crippen LogP contribution in [0.4, 0.5) is 0 Å². The molecule has 4 heteroatoms. The van der Waals surface area contributed by atoms with Crippen LogP contribution in [0, 0.1) is 0 Å². The lowest BCUT2D eigenvalue weighted by atomic mass is 10.1. The van der Waals surface area contributed by atoms with E-state index in [0.29, 0.717) is 5.76 Å². The van der Waals surface area contributed by atoms with Gasteiger partial charge in [-0.25, -0.2) is 0 Å². The Hall–Kier alpha value is -2.75. The Labute approximate surface area is 122 Å². The number of aromatic nitrogens is 1. The molecule has 0 unspecified atom stereocenters. The van der Waals surface area contributed by atoms with Crippen molar-refractivity contribution in [3.63, 3.8) is 0 Å². The van der Waals surface area contributed by atoms with Gasteiger partial charge in [0.25, 0.3) is 0 Å². The summed E-state index contributed by atoms with van der Waals surface area (Å²) in [6.45, 7) is 0. The number of methoxy groups -OCH3 is 2. The molecule has 0 N–H and O–H groups in total. The van der Waals surface area contributed by atoms with Gasteiger partial charge in [0.05, 0.1) is 14.2 Å². The molecule has 0 saturated heterocycles. The Morgan fingerprint density at radius 3 is 2.29 bits per heavy atom. The lowest BCUT2D eigenvalue weighted by Gasteiger charge is -2.00. The fourth-order valence-electron chi connectivity index (χ4n) is 2.09. The predicted molar refractivity (Wildman–Crippen MR) is 80.5 cm³/mol. The summed E-state index contributed by atoms with van der Waals surface area (Å²) in [5.74, 6) is 2.31. The van der Waals surface area contributed by atoms with Crippen LogP contribution in [0.15, 0.2) is 59.1 Å². The minimum absolute atomic E-state index is 0.708. The van der Waals surface area contributed by atoms with E-state index in [9.17, 15) is 0 Å². The SMILES string of the molecule is COc1ccc(-c2cc(-c3cccc(OC)c3)on2)cc1. The molecule has 1 aromatic heterocycles. The average molecular weight is 281 g/mol. The quantitative estimate of drug-likeness (QED) is 0.724. The Bertz CT molecular complexity index is 732. The summed E-state index contributed by atoms with van der Waals surface area (Å²) in [7, 11) is 3.29. The first-order chi connectivity index (χ1) is 10.3. The van der Waals surface area contributed by atoms with E-state index in [-0.39, 0.29) is 0 Å². The van der Waals surface area contributed by atoms with E-state index in [1.54, 1.807) is 14.2 Å². The van der Waals surface area contributed by atoms with Crippen molar-refractivity contribution in [2.75, 3.05) is 14.2 Å². The topological polar surface area (TPSA) is 44.5 Å². The van der Waals surface area contributed by atoms with Gasteiger partial charge in [-0.1, -0.05) is 17.3 Å². The molecule has 3 aromatic rings. The van der Waals surface area contributed by atoms with Gasteiger partial charge in [-0.3, -0.25) is 0 Å². The zero-order valence-electron chi connectivity index (χ0n) is 11.9. The molecule has 0 saturated carbocycles. The molecule has 0 aliphatic heterocycles. The fraction of sp³-hybridized carbons (Fsp3) is 0.118. The van der Waals surface area contributed by atoms with Crippen LogP contribution in [-0.2, 0) is 0 Å². The van der Waals surface area contributed by atoms with Crippen molar-refractivity contribution >= 4 is 0 Å². The molecule has 0 aliphatic carbocycles. The van der Waals surface area contributed by atoms with Crippen LogP contribution in [0.1, 0.15) is 0 Å². The smallest absolute Gasteiger partial charge is 0.167 e. The van der Waals surface area contributed by atoms with E-state index in [4.69, 9.17) is 14.0 Å². The minimum Gasteiger partial charge on any atom is -0.497 e. The molecule has 3 rings (SSSR count). The van der Waals surface area contributed by atoms with Crippen molar-refractivity contribution in [1.82, 2.24) is 5.16 Å². The third kappa shape index (κ3) is 2.74. The Kier molecular flexibility index (Phi) is 3.60. The fourth-order valence-corrected chi connectivity index (χ4v) is 2.09. The van der Waals surface area contributed by atoms with E-state index in [1.807, 2.05) is 54.6 Å². The molecular weight excluding hydrogens is 266 g/mol. The Morgan fingerprint density at radius 1 is 0.810 bits per heavy atom. The van der Waals surface area contributed by atoms with Crippen molar-refractivity contribution in [1.29, 1.82) is 0 Å². The highest BCUT2D eigenvalue weighted by molar-refractivity contribution is 5.67. The first-order valence-corrected chi connectivity index (χ1v) is 6.56. The monoisotopic (exact) mass is 281 g/mol. The second-order valence-corrected chi connectivity index (χ2v) is 4.54. The zero-order valence-corrected chi connectivity index (χ0v) is 11.9. The molecule has 0 amide bonds. The highest BCUT2D eigenvalue weighted by Gasteiger charge is 2.09. The summed E-state index contributed by atoms with van der Waals surface area (Å²) in [5, 5.41) is 4.12. The summed E-state index contributed by atoms with van der Waals surface area (Å²) in [6.07, 6.45) is 0. The van der Waals surface area contributed by atoms with Gasteiger partial charge in [0.15, 0.2) is 5.76 Å². The number of rotatable bonds is 4. The van der Waals surface area contributed by atoms with Gasteiger partial charge in [-0.15, -0.1) is 0 Å². The molecule has 0 bridgehead atoms. The van der Waals surface area contributed by atoms with Gasteiger partial charge in [0.1, 0.15) is 17.2 Å². The van der Waals surface area contributed by atoms with Crippen LogP contribution in [0.2, 0.25) is 0 Å². The van der Waals surface area contributed by atoms with E-state index in [2.05, 4.69) is 5.16 Å². The summed E-state index contributed by atoms with van der Waals surface area (Å²) in [4.78, 5) is 0. The molecule has 0 radical (unpaired) electrons. The maximum Gasteiger partial charge on any atom is 0.167 e. The van der Waals surface area contributed by atoms with Crippen LogP contribution in [0.5, 0.6) is 11.5 Å². The molecule has 106 valence electrons.